The van der Waals surface area contributed by atoms with Gasteiger partial charge < -0.3 is 8.99 Å². The number of nitrogens with zero attached hydrogens (tertiary/aromatic N) is 2. The van der Waals surface area contributed by atoms with Gasteiger partial charge in [-0.2, -0.15) is 0 Å². The number of hydrogen-bond acceptors (Lipinski definition) is 4. The lowest BCUT2D eigenvalue weighted by molar-refractivity contribution is 0.262. The van der Waals surface area contributed by atoms with Crippen molar-refractivity contribution in [3.63, 3.8) is 0 Å². The number of rotatable bonds is 8. The van der Waals surface area contributed by atoms with Crippen molar-refractivity contribution in [1.82, 2.24) is 9.55 Å². The van der Waals surface area contributed by atoms with Gasteiger partial charge in [-0.3, -0.25) is 0 Å². The fraction of sp³-hybridized carbons (Fsp3) is 0.650. The second kappa shape index (κ2) is 7.33. The minimum absolute atomic E-state index is 0.0848. The highest BCUT2D eigenvalue weighted by Gasteiger charge is 2.37. The van der Waals surface area contributed by atoms with Gasteiger partial charge in [-0.25, -0.2) is 13.4 Å². The highest BCUT2D eigenvalue weighted by molar-refractivity contribution is 7.92. The van der Waals surface area contributed by atoms with Crippen LogP contribution in [0.2, 0.25) is 18.1 Å². The van der Waals surface area contributed by atoms with Gasteiger partial charge in [0.25, 0.3) is 0 Å². The first kappa shape index (κ1) is 20.5. The van der Waals surface area contributed by atoms with E-state index in [-0.39, 0.29) is 16.0 Å². The van der Waals surface area contributed by atoms with Gasteiger partial charge in [0.2, 0.25) is 0 Å². The molecule has 0 aliphatic heterocycles. The van der Waals surface area contributed by atoms with Crippen molar-refractivity contribution in [1.29, 1.82) is 0 Å². The van der Waals surface area contributed by atoms with Crippen LogP contribution in [0.25, 0.3) is 11.0 Å². The zero-order valence-electron chi connectivity index (χ0n) is 17.2. The predicted octanol–water partition coefficient (Wildman–Crippen LogP) is 4.53. The largest absolute Gasteiger partial charge is 0.409 e. The molecule has 0 atom stereocenters. The first-order chi connectivity index (χ1) is 12.5. The summed E-state index contributed by atoms with van der Waals surface area (Å²) in [6.07, 6.45) is 2.29. The van der Waals surface area contributed by atoms with E-state index in [0.29, 0.717) is 19.6 Å². The molecule has 27 heavy (non-hydrogen) atoms. The Kier molecular flexibility index (Phi) is 5.58. The van der Waals surface area contributed by atoms with E-state index < -0.39 is 18.2 Å². The first-order valence-corrected chi connectivity index (χ1v) is 14.4. The second-order valence-electron chi connectivity index (χ2n) is 9.14. The number of fused-ring (bicyclic) bond motifs is 1. The van der Waals surface area contributed by atoms with Crippen molar-refractivity contribution in [3.8, 4) is 0 Å². The summed E-state index contributed by atoms with van der Waals surface area (Å²) in [6.45, 7) is 12.3. The summed E-state index contributed by atoms with van der Waals surface area (Å²) < 4.78 is 32.9. The molecule has 1 aliphatic carbocycles. The van der Waals surface area contributed by atoms with Crippen LogP contribution < -0.4 is 0 Å². The van der Waals surface area contributed by atoms with Gasteiger partial charge in [-0.15, -0.1) is 0 Å². The van der Waals surface area contributed by atoms with E-state index in [9.17, 15) is 8.42 Å². The molecular weight excluding hydrogens is 376 g/mol. The van der Waals surface area contributed by atoms with Crippen LogP contribution in [-0.4, -0.2) is 37.3 Å². The maximum Gasteiger partial charge on any atom is 0.192 e. The van der Waals surface area contributed by atoms with E-state index in [0.717, 1.165) is 29.7 Å². The first-order valence-electron chi connectivity index (χ1n) is 9.81. The van der Waals surface area contributed by atoms with Crippen LogP contribution in [0.1, 0.15) is 45.9 Å². The van der Waals surface area contributed by atoms with Gasteiger partial charge in [0.05, 0.1) is 28.6 Å². The van der Waals surface area contributed by atoms with Gasteiger partial charge in [-0.05, 0) is 49.5 Å². The Morgan fingerprint density at radius 1 is 1.22 bits per heavy atom. The average Bonchev–Trinajstić information content (AvgIpc) is 3.37. The van der Waals surface area contributed by atoms with Crippen molar-refractivity contribution in [3.05, 3.63) is 30.1 Å². The molecule has 0 radical (unpaired) electrons. The molecule has 0 spiro atoms. The van der Waals surface area contributed by atoms with Gasteiger partial charge in [-0.1, -0.05) is 32.9 Å². The molecular formula is C20H32N2O3SSi. The van der Waals surface area contributed by atoms with E-state index in [1.807, 2.05) is 24.3 Å². The summed E-state index contributed by atoms with van der Waals surface area (Å²) in [6, 6.07) is 8.03. The van der Waals surface area contributed by atoms with Crippen molar-refractivity contribution in [2.45, 2.75) is 76.6 Å². The minimum atomic E-state index is -2.92. The molecule has 2 aromatic rings. The Hall–Kier alpha value is -1.18. The Balaban J connectivity index is 1.77. The topological polar surface area (TPSA) is 61.2 Å². The zero-order valence-corrected chi connectivity index (χ0v) is 19.0. The third-order valence-corrected chi connectivity index (χ3v) is 12.8. The number of benzene rings is 1. The van der Waals surface area contributed by atoms with Crippen LogP contribution in [0, 0.1) is 0 Å². The van der Waals surface area contributed by atoms with Gasteiger partial charge in [0.1, 0.15) is 5.82 Å². The van der Waals surface area contributed by atoms with E-state index in [2.05, 4.69) is 38.4 Å². The molecule has 0 unspecified atom stereocenters. The van der Waals surface area contributed by atoms with Crippen LogP contribution in [0.4, 0.5) is 0 Å². The maximum absolute atomic E-state index is 12.2. The lowest BCUT2D eigenvalue weighted by Gasteiger charge is -2.36. The third kappa shape index (κ3) is 4.63. The van der Waals surface area contributed by atoms with E-state index in [1.165, 1.54) is 0 Å². The van der Waals surface area contributed by atoms with Crippen LogP contribution >= 0.6 is 0 Å². The quantitative estimate of drug-likeness (QED) is 0.602. The number of hydrogen-bond donors (Lipinski definition) is 0. The molecule has 1 heterocycles. The summed E-state index contributed by atoms with van der Waals surface area (Å²) in [4.78, 5) is 4.77. The summed E-state index contributed by atoms with van der Waals surface area (Å²) >= 11 is 0. The minimum Gasteiger partial charge on any atom is -0.409 e. The van der Waals surface area contributed by atoms with E-state index >= 15 is 0 Å². The fourth-order valence-corrected chi connectivity index (χ4v) is 5.61. The van der Waals surface area contributed by atoms with Crippen molar-refractivity contribution in [2.75, 3.05) is 5.75 Å². The number of aromatic nitrogens is 2. The molecule has 1 aromatic heterocycles. The Morgan fingerprint density at radius 3 is 2.52 bits per heavy atom. The summed E-state index contributed by atoms with van der Waals surface area (Å²) in [5.74, 6) is 1.15. The number of para-hydroxylation sites is 2. The van der Waals surface area contributed by atoms with Crippen LogP contribution in [0.3, 0.4) is 0 Å². The highest BCUT2D eigenvalue weighted by atomic mass is 32.2. The molecule has 3 rings (SSSR count). The summed E-state index contributed by atoms with van der Waals surface area (Å²) in [5, 5.41) is 0.0563. The molecule has 1 fully saturated rings. The molecule has 0 bridgehead atoms. The number of aryl methyl sites for hydroxylation is 1. The molecule has 0 saturated heterocycles. The smallest absolute Gasteiger partial charge is 0.192 e. The molecule has 0 N–H and O–H groups in total. The maximum atomic E-state index is 12.2. The standard InChI is InChI=1S/C20H32N2O3SSi/c1-20(2,3)27(4,5)25-15-19-21-17-9-6-7-10-18(17)22(19)13-8-14-26(23,24)16-11-12-16/h6-7,9-10,16H,8,11-15H2,1-5H3. The van der Waals surface area contributed by atoms with Crippen molar-refractivity contribution in [2.24, 2.45) is 0 Å². The highest BCUT2D eigenvalue weighted by Crippen LogP contribution is 2.37. The third-order valence-electron chi connectivity index (χ3n) is 5.94. The van der Waals surface area contributed by atoms with Gasteiger partial charge in [0.15, 0.2) is 18.2 Å². The van der Waals surface area contributed by atoms with Gasteiger partial charge in [0, 0.05) is 6.54 Å². The van der Waals surface area contributed by atoms with Gasteiger partial charge >= 0.3 is 0 Å². The van der Waals surface area contributed by atoms with Crippen molar-refractivity contribution >= 4 is 29.2 Å². The number of sulfone groups is 1. The normalized spacial score (nSPS) is 16.2. The molecule has 1 aromatic carbocycles. The molecule has 7 heteroatoms. The molecule has 1 aliphatic rings. The Labute approximate surface area is 164 Å². The monoisotopic (exact) mass is 408 g/mol. The van der Waals surface area contributed by atoms with Crippen LogP contribution in [0.5, 0.6) is 0 Å². The van der Waals surface area contributed by atoms with Crippen LogP contribution in [-0.2, 0) is 27.4 Å². The van der Waals surface area contributed by atoms with E-state index in [4.69, 9.17) is 9.41 Å². The molecule has 0 amide bonds. The lowest BCUT2D eigenvalue weighted by atomic mass is 10.2. The average molecular weight is 409 g/mol. The molecule has 5 nitrogen and oxygen atoms in total. The molecule has 150 valence electrons. The predicted molar refractivity (Wildman–Crippen MR) is 113 cm³/mol. The van der Waals surface area contributed by atoms with E-state index in [1.54, 1.807) is 0 Å². The number of imidazole rings is 1. The molecule has 1 saturated carbocycles. The SMILES string of the molecule is CC(C)(C)[Si](C)(C)OCc1nc2ccccc2n1CCCS(=O)(=O)C1CC1. The zero-order chi connectivity index (χ0) is 19.9. The Morgan fingerprint density at radius 2 is 1.89 bits per heavy atom. The lowest BCUT2D eigenvalue weighted by Crippen LogP contribution is -2.40. The fourth-order valence-electron chi connectivity index (χ4n) is 2.96. The Bertz CT molecular complexity index is 909. The van der Waals surface area contributed by atoms with Crippen LogP contribution in [0.15, 0.2) is 24.3 Å². The summed E-state index contributed by atoms with van der Waals surface area (Å²) in [7, 11) is -4.80. The summed E-state index contributed by atoms with van der Waals surface area (Å²) in [5.41, 5.74) is 1.99. The second-order valence-corrected chi connectivity index (χ2v) is 16.3. The van der Waals surface area contributed by atoms with Crippen molar-refractivity contribution < 1.29 is 12.8 Å².